The highest BCUT2D eigenvalue weighted by Gasteiger charge is 2.42. The molecule has 3 heterocycles. The number of nitrogens with zero attached hydrogens (tertiary/aromatic N) is 4. The highest BCUT2D eigenvalue weighted by molar-refractivity contribution is 7.13. The van der Waals surface area contributed by atoms with Gasteiger partial charge in [-0.05, 0) is 52.9 Å². The molecule has 1 fully saturated rings. The number of phenolic OH excluding ortho intramolecular Hbond substituents is 1. The standard InChI is InChI=1S/C39H39F2N7O6S/c1-21(2)33(45-32(51)19-54-26-13-11-23(12-14-26)28-16-29(46-47-37(28)42)27-5-3-4-6-31(27)50)39(53)48-18-25(49)15-30(48)38(52)43-17-22-7-9-24(10-8-22)35-34(36(40)41)44-20-55-35/h3-14,16,20-21,25,30,33,36,49-50H,15,17-19H2,1-2H3,(H2,42,47)(H,43,52)(H,45,51)/t25-,30+,33+/m1/s1. The highest BCUT2D eigenvalue weighted by atomic mass is 32.1. The van der Waals surface area contributed by atoms with Crippen molar-refractivity contribution in [1.82, 2.24) is 30.7 Å². The number of carbonyl (C=O) groups excluding carboxylic acids is 3. The fourth-order valence-electron chi connectivity index (χ4n) is 6.25. The van der Waals surface area contributed by atoms with Crippen LogP contribution in [0.5, 0.6) is 11.5 Å². The number of thiazole rings is 1. The molecule has 0 radical (unpaired) electrons. The Balaban J connectivity index is 1.04. The number of hydrogen-bond acceptors (Lipinski definition) is 11. The summed E-state index contributed by atoms with van der Waals surface area (Å²) in [6, 6.07) is 20.0. The van der Waals surface area contributed by atoms with E-state index < -0.39 is 48.9 Å². The van der Waals surface area contributed by atoms with Gasteiger partial charge in [-0.2, -0.15) is 0 Å². The molecular weight excluding hydrogens is 733 g/mol. The molecule has 0 spiro atoms. The van der Waals surface area contributed by atoms with Crippen molar-refractivity contribution in [2.75, 3.05) is 18.9 Å². The first-order chi connectivity index (χ1) is 26.4. The number of alkyl halides is 2. The lowest BCUT2D eigenvalue weighted by Gasteiger charge is -2.30. The van der Waals surface area contributed by atoms with Crippen molar-refractivity contribution < 1.29 is 38.1 Å². The van der Waals surface area contributed by atoms with Gasteiger partial charge in [0.15, 0.2) is 12.4 Å². The Kier molecular flexibility index (Phi) is 12.0. The van der Waals surface area contributed by atoms with Crippen molar-refractivity contribution in [2.45, 2.75) is 51.4 Å². The Morgan fingerprint density at radius 1 is 1.00 bits per heavy atom. The van der Waals surface area contributed by atoms with Gasteiger partial charge < -0.3 is 36.2 Å². The van der Waals surface area contributed by atoms with Gasteiger partial charge in [-0.25, -0.2) is 13.8 Å². The van der Waals surface area contributed by atoms with E-state index in [0.717, 1.165) is 11.3 Å². The van der Waals surface area contributed by atoms with E-state index in [1.807, 2.05) is 0 Å². The number of aliphatic hydroxyl groups excluding tert-OH is 1. The second-order valence-electron chi connectivity index (χ2n) is 13.3. The third kappa shape index (κ3) is 9.04. The SMILES string of the molecule is CC(C)[C@H](NC(=O)COc1ccc(-c2cc(-c3ccccc3O)nnc2N)cc1)C(=O)N1C[C@H](O)C[C@H]1C(=O)NCc1ccc(-c2scnc2C(F)F)cc1. The molecule has 6 N–H and O–H groups in total. The number of nitrogens with one attached hydrogen (secondary N) is 2. The number of aromatic hydroxyl groups is 1. The molecule has 3 amide bonds. The summed E-state index contributed by atoms with van der Waals surface area (Å²) in [6.45, 7) is 3.14. The first kappa shape index (κ1) is 38.7. The van der Waals surface area contributed by atoms with E-state index in [2.05, 4.69) is 25.8 Å². The average Bonchev–Trinajstić information content (AvgIpc) is 3.83. The number of hydrogen-bond donors (Lipinski definition) is 5. The number of aromatic nitrogens is 3. The van der Waals surface area contributed by atoms with Crippen LogP contribution in [-0.2, 0) is 20.9 Å². The number of nitrogen functional groups attached to an aromatic ring is 1. The summed E-state index contributed by atoms with van der Waals surface area (Å²) in [7, 11) is 0. The minimum Gasteiger partial charge on any atom is -0.507 e. The maximum atomic E-state index is 13.8. The minimum atomic E-state index is -2.69. The second kappa shape index (κ2) is 17.0. The zero-order valence-electron chi connectivity index (χ0n) is 29.9. The molecule has 1 aliphatic heterocycles. The van der Waals surface area contributed by atoms with Crippen LogP contribution in [0.2, 0.25) is 0 Å². The molecule has 286 valence electrons. The van der Waals surface area contributed by atoms with Crippen LogP contribution >= 0.6 is 11.3 Å². The molecule has 0 saturated carbocycles. The largest absolute Gasteiger partial charge is 0.507 e. The van der Waals surface area contributed by atoms with Gasteiger partial charge in [0, 0.05) is 30.6 Å². The first-order valence-corrected chi connectivity index (χ1v) is 18.3. The van der Waals surface area contributed by atoms with E-state index in [0.29, 0.717) is 44.1 Å². The fourth-order valence-corrected chi connectivity index (χ4v) is 7.06. The number of amides is 3. The molecule has 1 aliphatic rings. The maximum Gasteiger partial charge on any atom is 0.281 e. The zero-order chi connectivity index (χ0) is 39.2. The van der Waals surface area contributed by atoms with Gasteiger partial charge in [0.25, 0.3) is 12.3 Å². The lowest BCUT2D eigenvalue weighted by molar-refractivity contribution is -0.142. The molecule has 2 aromatic heterocycles. The molecule has 13 nitrogen and oxygen atoms in total. The van der Waals surface area contributed by atoms with Gasteiger partial charge in [0.1, 0.15) is 29.3 Å². The molecule has 0 aliphatic carbocycles. The van der Waals surface area contributed by atoms with Crippen LogP contribution < -0.4 is 21.1 Å². The van der Waals surface area contributed by atoms with Crippen LogP contribution in [0.4, 0.5) is 14.6 Å². The molecule has 0 unspecified atom stereocenters. The number of aliphatic hydroxyl groups is 1. The number of nitrogens with two attached hydrogens (primary N) is 1. The summed E-state index contributed by atoms with van der Waals surface area (Å²) in [4.78, 5) is 45.5. The molecule has 3 aromatic carbocycles. The van der Waals surface area contributed by atoms with Crippen molar-refractivity contribution in [1.29, 1.82) is 0 Å². The number of rotatable bonds is 13. The summed E-state index contributed by atoms with van der Waals surface area (Å²) >= 11 is 1.12. The molecule has 3 atom stereocenters. The minimum absolute atomic E-state index is 0.0212. The molecule has 6 rings (SSSR count). The monoisotopic (exact) mass is 771 g/mol. The van der Waals surface area contributed by atoms with Gasteiger partial charge in [0.2, 0.25) is 11.8 Å². The summed E-state index contributed by atoms with van der Waals surface area (Å²) in [5, 5.41) is 34.4. The Morgan fingerprint density at radius 3 is 2.40 bits per heavy atom. The number of halogens is 2. The van der Waals surface area contributed by atoms with Crippen LogP contribution in [0.15, 0.2) is 84.4 Å². The number of likely N-dealkylation sites (tertiary alicyclic amines) is 1. The van der Waals surface area contributed by atoms with E-state index in [-0.39, 0.29) is 42.7 Å². The number of ether oxygens (including phenoxy) is 1. The predicted octanol–water partition coefficient (Wildman–Crippen LogP) is 4.96. The third-order valence-corrected chi connectivity index (χ3v) is 10.0. The van der Waals surface area contributed by atoms with Crippen LogP contribution in [0, 0.1) is 5.92 Å². The Morgan fingerprint density at radius 2 is 1.71 bits per heavy atom. The van der Waals surface area contributed by atoms with Gasteiger partial charge in [-0.15, -0.1) is 21.5 Å². The molecule has 0 bridgehead atoms. The normalized spacial score (nSPS) is 15.9. The van der Waals surface area contributed by atoms with Crippen LogP contribution in [0.3, 0.4) is 0 Å². The van der Waals surface area contributed by atoms with Crippen LogP contribution in [0.25, 0.3) is 32.8 Å². The smallest absolute Gasteiger partial charge is 0.281 e. The van der Waals surface area contributed by atoms with Crippen molar-refractivity contribution >= 4 is 34.9 Å². The Labute approximate surface area is 319 Å². The number of anilines is 1. The number of para-hydroxylation sites is 1. The fraction of sp³-hybridized carbons (Fsp3) is 0.282. The highest BCUT2D eigenvalue weighted by Crippen LogP contribution is 2.34. The Hall–Kier alpha value is -6.00. The maximum absolute atomic E-state index is 13.8. The van der Waals surface area contributed by atoms with Gasteiger partial charge in [-0.1, -0.05) is 62.4 Å². The Bertz CT molecular complexity index is 2150. The first-order valence-electron chi connectivity index (χ1n) is 17.4. The molecule has 55 heavy (non-hydrogen) atoms. The lowest BCUT2D eigenvalue weighted by Crippen LogP contribution is -2.55. The predicted molar refractivity (Wildman–Crippen MR) is 202 cm³/mol. The number of benzene rings is 3. The molecule has 5 aromatic rings. The quantitative estimate of drug-likeness (QED) is 0.109. The van der Waals surface area contributed by atoms with Crippen molar-refractivity contribution in [2.24, 2.45) is 5.92 Å². The van der Waals surface area contributed by atoms with E-state index >= 15 is 0 Å². The van der Waals surface area contributed by atoms with E-state index in [4.69, 9.17) is 10.5 Å². The van der Waals surface area contributed by atoms with Crippen molar-refractivity contribution in [3.05, 3.63) is 95.6 Å². The lowest BCUT2D eigenvalue weighted by atomic mass is 10.0. The van der Waals surface area contributed by atoms with E-state index in [1.54, 1.807) is 92.7 Å². The molecule has 1 saturated heterocycles. The number of carbonyl (C=O) groups is 3. The topological polar surface area (TPSA) is 193 Å². The molecular formula is C39H39F2N7O6S. The van der Waals surface area contributed by atoms with Crippen molar-refractivity contribution in [3.63, 3.8) is 0 Å². The average molecular weight is 772 g/mol. The van der Waals surface area contributed by atoms with Gasteiger partial charge in [0.05, 0.1) is 22.2 Å². The molecule has 16 heteroatoms. The number of phenols is 1. The van der Waals surface area contributed by atoms with Crippen LogP contribution in [0.1, 0.15) is 38.0 Å². The number of β-amino-alcohol motifs (C(OH)–C–C–N with tert-alkyl or cyclic N) is 1. The van der Waals surface area contributed by atoms with Gasteiger partial charge >= 0.3 is 0 Å². The zero-order valence-corrected chi connectivity index (χ0v) is 30.7. The van der Waals surface area contributed by atoms with Gasteiger partial charge in [-0.3, -0.25) is 14.4 Å². The van der Waals surface area contributed by atoms with E-state index in [9.17, 15) is 33.4 Å². The second-order valence-corrected chi connectivity index (χ2v) is 14.2. The summed E-state index contributed by atoms with van der Waals surface area (Å²) in [5.74, 6) is -1.29. The summed E-state index contributed by atoms with van der Waals surface area (Å²) < 4.78 is 32.3. The third-order valence-electron chi connectivity index (χ3n) is 9.14. The van der Waals surface area contributed by atoms with E-state index in [1.165, 1.54) is 10.4 Å². The van der Waals surface area contributed by atoms with Crippen molar-refractivity contribution in [3.8, 4) is 44.3 Å². The summed E-state index contributed by atoms with van der Waals surface area (Å²) in [5.41, 5.74) is 10.7. The summed E-state index contributed by atoms with van der Waals surface area (Å²) in [6.07, 6.45) is -3.61. The van der Waals surface area contributed by atoms with Crippen LogP contribution in [-0.4, -0.2) is 79.4 Å².